The number of ether oxygens (including phenoxy) is 2. The average molecular weight is 444 g/mol. The van der Waals surface area contributed by atoms with Gasteiger partial charge in [-0.1, -0.05) is 24.3 Å². The SMILES string of the molecule is C=CC1CN2CCC1CC2[C@H](OC(=O)Nc1ccccc1)c1ccnc2ccc(OC)cc12. The van der Waals surface area contributed by atoms with Crippen molar-refractivity contribution >= 4 is 22.7 Å². The predicted octanol–water partition coefficient (Wildman–Crippen LogP) is 5.43. The number of aromatic nitrogens is 1. The highest BCUT2D eigenvalue weighted by molar-refractivity contribution is 5.86. The summed E-state index contributed by atoms with van der Waals surface area (Å²) < 4.78 is 11.7. The summed E-state index contributed by atoms with van der Waals surface area (Å²) in [5, 5.41) is 3.82. The van der Waals surface area contributed by atoms with E-state index in [-0.39, 0.29) is 6.04 Å². The standard InChI is InChI=1S/C27H29N3O3/c1-3-18-17-30-14-12-19(18)15-25(30)26(33-27(31)29-20-7-5-4-6-8-20)22-11-13-28-24-10-9-21(32-2)16-23(22)24/h3-11,13,16,18-19,25-26H,1,12,14-15,17H2,2H3,(H,29,31)/t18?,19?,25?,26-/m1/s1. The maximum atomic E-state index is 13.0. The monoisotopic (exact) mass is 443 g/mol. The fraction of sp³-hybridized carbons (Fsp3) is 0.333. The summed E-state index contributed by atoms with van der Waals surface area (Å²) in [5.41, 5.74) is 2.51. The Morgan fingerprint density at radius 1 is 1.24 bits per heavy atom. The lowest BCUT2D eigenvalue weighted by Gasteiger charge is -2.51. The van der Waals surface area contributed by atoms with Gasteiger partial charge in [0.25, 0.3) is 0 Å². The van der Waals surface area contributed by atoms with Gasteiger partial charge in [0.05, 0.1) is 18.7 Å². The van der Waals surface area contributed by atoms with E-state index in [0.717, 1.165) is 48.1 Å². The van der Waals surface area contributed by atoms with Crippen LogP contribution < -0.4 is 10.1 Å². The van der Waals surface area contributed by atoms with Crippen molar-refractivity contribution in [3.05, 3.63) is 79.0 Å². The number of para-hydroxylation sites is 1. The van der Waals surface area contributed by atoms with Crippen LogP contribution in [0.3, 0.4) is 0 Å². The van der Waals surface area contributed by atoms with Gasteiger partial charge in [-0.3, -0.25) is 15.2 Å². The highest BCUT2D eigenvalue weighted by atomic mass is 16.6. The van der Waals surface area contributed by atoms with Crippen LogP contribution in [0, 0.1) is 11.8 Å². The van der Waals surface area contributed by atoms with Crippen molar-refractivity contribution in [2.75, 3.05) is 25.5 Å². The van der Waals surface area contributed by atoms with Gasteiger partial charge in [0.2, 0.25) is 0 Å². The Kier molecular flexibility index (Phi) is 6.01. The lowest BCUT2D eigenvalue weighted by atomic mass is 9.73. The molecule has 0 radical (unpaired) electrons. The number of hydrogen-bond donors (Lipinski definition) is 1. The zero-order chi connectivity index (χ0) is 22.8. The smallest absolute Gasteiger partial charge is 0.412 e. The third kappa shape index (κ3) is 4.31. The number of carbonyl (C=O) groups is 1. The fourth-order valence-corrected chi connectivity index (χ4v) is 5.35. The Balaban J connectivity index is 1.51. The molecule has 0 spiro atoms. The molecule has 4 heterocycles. The molecule has 1 N–H and O–H groups in total. The van der Waals surface area contributed by atoms with E-state index in [0.29, 0.717) is 17.5 Å². The molecule has 2 bridgehead atoms. The second kappa shape index (κ2) is 9.24. The predicted molar refractivity (Wildman–Crippen MR) is 129 cm³/mol. The molecule has 170 valence electrons. The van der Waals surface area contributed by atoms with Crippen LogP contribution in [-0.4, -0.2) is 42.2 Å². The van der Waals surface area contributed by atoms with Gasteiger partial charge in [-0.15, -0.1) is 6.58 Å². The number of benzene rings is 2. The largest absolute Gasteiger partial charge is 0.497 e. The molecular weight excluding hydrogens is 414 g/mol. The maximum absolute atomic E-state index is 13.0. The van der Waals surface area contributed by atoms with Crippen LogP contribution in [-0.2, 0) is 4.74 Å². The average Bonchev–Trinajstić information content (AvgIpc) is 2.87. The minimum Gasteiger partial charge on any atom is -0.497 e. The molecule has 4 unspecified atom stereocenters. The normalized spacial score (nSPS) is 24.8. The van der Waals surface area contributed by atoms with Crippen molar-refractivity contribution in [3.8, 4) is 5.75 Å². The van der Waals surface area contributed by atoms with Crippen molar-refractivity contribution in [1.29, 1.82) is 0 Å². The van der Waals surface area contributed by atoms with E-state index in [2.05, 4.69) is 27.9 Å². The van der Waals surface area contributed by atoms with Crippen LogP contribution in [0.4, 0.5) is 10.5 Å². The van der Waals surface area contributed by atoms with Crippen molar-refractivity contribution in [2.45, 2.75) is 25.0 Å². The topological polar surface area (TPSA) is 63.7 Å². The number of pyridine rings is 1. The number of fused-ring (bicyclic) bond motifs is 4. The molecule has 1 aromatic heterocycles. The molecule has 0 aliphatic carbocycles. The van der Waals surface area contributed by atoms with Gasteiger partial charge in [-0.25, -0.2) is 4.79 Å². The second-order valence-corrected chi connectivity index (χ2v) is 8.85. The minimum absolute atomic E-state index is 0.0956. The van der Waals surface area contributed by atoms with Crippen LogP contribution in [0.15, 0.2) is 73.4 Å². The summed E-state index contributed by atoms with van der Waals surface area (Å²) in [6.07, 6.45) is 5.10. The maximum Gasteiger partial charge on any atom is 0.412 e. The third-order valence-corrected chi connectivity index (χ3v) is 7.05. The number of methoxy groups -OCH3 is 1. The molecule has 6 nitrogen and oxygen atoms in total. The summed E-state index contributed by atoms with van der Waals surface area (Å²) in [6.45, 7) is 6.00. The number of nitrogens with one attached hydrogen (secondary N) is 1. The lowest BCUT2D eigenvalue weighted by Crippen LogP contribution is -2.55. The van der Waals surface area contributed by atoms with E-state index in [1.807, 2.05) is 54.6 Å². The molecule has 3 aromatic rings. The quantitative estimate of drug-likeness (QED) is 0.515. The Labute approximate surface area is 194 Å². The lowest BCUT2D eigenvalue weighted by molar-refractivity contribution is -0.0473. The zero-order valence-corrected chi connectivity index (χ0v) is 18.8. The van der Waals surface area contributed by atoms with E-state index in [4.69, 9.17) is 9.47 Å². The number of amides is 1. The fourth-order valence-electron chi connectivity index (χ4n) is 5.35. The zero-order valence-electron chi connectivity index (χ0n) is 18.8. The van der Waals surface area contributed by atoms with Gasteiger partial charge in [0.15, 0.2) is 0 Å². The Morgan fingerprint density at radius 3 is 2.82 bits per heavy atom. The summed E-state index contributed by atoms with van der Waals surface area (Å²) in [5.74, 6) is 1.80. The first-order chi connectivity index (χ1) is 16.2. The van der Waals surface area contributed by atoms with Gasteiger partial charge in [-0.2, -0.15) is 0 Å². The van der Waals surface area contributed by atoms with Crippen molar-refractivity contribution < 1.29 is 14.3 Å². The van der Waals surface area contributed by atoms with Crippen LogP contribution in [0.5, 0.6) is 5.75 Å². The van der Waals surface area contributed by atoms with Gasteiger partial charge in [0, 0.05) is 29.4 Å². The van der Waals surface area contributed by atoms with Crippen LogP contribution in [0.25, 0.3) is 10.9 Å². The molecule has 6 heteroatoms. The molecule has 6 rings (SSSR count). The Bertz CT molecular complexity index is 1150. The van der Waals surface area contributed by atoms with Gasteiger partial charge >= 0.3 is 6.09 Å². The van der Waals surface area contributed by atoms with E-state index < -0.39 is 12.2 Å². The van der Waals surface area contributed by atoms with E-state index in [1.54, 1.807) is 13.3 Å². The molecule has 5 atom stereocenters. The van der Waals surface area contributed by atoms with Crippen LogP contribution in [0.2, 0.25) is 0 Å². The number of piperidine rings is 3. The van der Waals surface area contributed by atoms with Crippen molar-refractivity contribution in [2.24, 2.45) is 11.8 Å². The Morgan fingerprint density at radius 2 is 2.09 bits per heavy atom. The molecule has 3 fully saturated rings. The van der Waals surface area contributed by atoms with Gasteiger partial charge in [-0.05, 0) is 67.6 Å². The third-order valence-electron chi connectivity index (χ3n) is 7.05. The molecule has 3 aliphatic heterocycles. The number of rotatable bonds is 6. The number of carbonyl (C=O) groups excluding carboxylic acids is 1. The number of nitrogens with zero attached hydrogens (tertiary/aromatic N) is 2. The first-order valence-electron chi connectivity index (χ1n) is 11.5. The molecule has 3 aliphatic rings. The van der Waals surface area contributed by atoms with Crippen molar-refractivity contribution in [1.82, 2.24) is 9.88 Å². The van der Waals surface area contributed by atoms with Crippen LogP contribution in [0.1, 0.15) is 24.5 Å². The van der Waals surface area contributed by atoms with Gasteiger partial charge in [0.1, 0.15) is 11.9 Å². The molecule has 1 amide bonds. The van der Waals surface area contributed by atoms with Crippen molar-refractivity contribution in [3.63, 3.8) is 0 Å². The molecule has 3 saturated heterocycles. The number of anilines is 1. The summed E-state index contributed by atoms with van der Waals surface area (Å²) in [4.78, 5) is 20.0. The second-order valence-electron chi connectivity index (χ2n) is 8.85. The van der Waals surface area contributed by atoms with E-state index >= 15 is 0 Å². The molecule has 2 aromatic carbocycles. The summed E-state index contributed by atoms with van der Waals surface area (Å²) in [7, 11) is 1.65. The van der Waals surface area contributed by atoms with Gasteiger partial charge < -0.3 is 9.47 Å². The van der Waals surface area contributed by atoms with E-state index in [1.165, 1.54) is 0 Å². The number of hydrogen-bond acceptors (Lipinski definition) is 5. The molecule has 0 saturated carbocycles. The first-order valence-corrected chi connectivity index (χ1v) is 11.5. The van der Waals surface area contributed by atoms with E-state index in [9.17, 15) is 4.79 Å². The molecular formula is C27H29N3O3. The molecule has 33 heavy (non-hydrogen) atoms. The first kappa shape index (κ1) is 21.5. The summed E-state index contributed by atoms with van der Waals surface area (Å²) >= 11 is 0. The minimum atomic E-state index is -0.457. The Hall–Kier alpha value is -3.38. The highest BCUT2D eigenvalue weighted by Crippen LogP contribution is 2.43. The summed E-state index contributed by atoms with van der Waals surface area (Å²) in [6, 6.07) is 17.3. The highest BCUT2D eigenvalue weighted by Gasteiger charge is 2.44. The van der Waals surface area contributed by atoms with Crippen LogP contribution >= 0.6 is 0 Å².